The Morgan fingerprint density at radius 2 is 1.74 bits per heavy atom. The maximum atomic E-state index is 12.4. The van der Waals surface area contributed by atoms with E-state index in [0.717, 1.165) is 16.7 Å². The van der Waals surface area contributed by atoms with Crippen LogP contribution in [0.4, 0.5) is 0 Å². The van der Waals surface area contributed by atoms with E-state index in [-0.39, 0.29) is 5.91 Å². The van der Waals surface area contributed by atoms with E-state index in [4.69, 9.17) is 10.00 Å². The Balaban J connectivity index is 1.65. The number of rotatable bonds is 6. The molecule has 1 heterocycles. The molecule has 0 spiro atoms. The summed E-state index contributed by atoms with van der Waals surface area (Å²) < 4.78 is 5.31. The molecule has 1 aliphatic heterocycles. The first-order chi connectivity index (χ1) is 13.1. The zero-order chi connectivity index (χ0) is 19.3. The molecule has 1 saturated heterocycles. The maximum Gasteiger partial charge on any atom is 0.255 e. The largest absolute Gasteiger partial charge is 0.366 e. The topological polar surface area (TPSA) is 97.9 Å². The van der Waals surface area contributed by atoms with Crippen LogP contribution in [-0.2, 0) is 16.0 Å². The number of nitrogens with one attached hydrogen (secondary N) is 2. The number of amides is 1. The van der Waals surface area contributed by atoms with Crippen LogP contribution in [0.1, 0.15) is 11.1 Å². The number of nitrogens with zero attached hydrogens (tertiary/aromatic N) is 2. The highest BCUT2D eigenvalue weighted by Gasteiger charge is 2.45. The van der Waals surface area contributed by atoms with Gasteiger partial charge in [0.05, 0.1) is 17.7 Å². The van der Waals surface area contributed by atoms with Crippen molar-refractivity contribution in [2.75, 3.05) is 20.2 Å². The van der Waals surface area contributed by atoms with Gasteiger partial charge in [-0.25, -0.2) is 0 Å². The predicted octanol–water partition coefficient (Wildman–Crippen LogP) is 1.76. The summed E-state index contributed by atoms with van der Waals surface area (Å²) >= 11 is 0. The number of ether oxygens (including phenoxy) is 1. The van der Waals surface area contributed by atoms with Crippen LogP contribution in [0.5, 0.6) is 0 Å². The van der Waals surface area contributed by atoms with E-state index in [2.05, 4.69) is 22.8 Å². The van der Waals surface area contributed by atoms with Crippen molar-refractivity contribution in [3.05, 3.63) is 59.7 Å². The van der Waals surface area contributed by atoms with Crippen molar-refractivity contribution in [3.63, 3.8) is 0 Å². The van der Waals surface area contributed by atoms with E-state index in [0.29, 0.717) is 25.1 Å². The lowest BCUT2D eigenvalue weighted by Gasteiger charge is -2.39. The van der Waals surface area contributed by atoms with Crippen molar-refractivity contribution >= 4 is 5.91 Å². The van der Waals surface area contributed by atoms with Gasteiger partial charge in [0, 0.05) is 26.6 Å². The molecule has 2 aromatic rings. The molecular weight excluding hydrogens is 340 g/mol. The third kappa shape index (κ3) is 3.98. The number of carbonyl (C=O) groups excluding carboxylic acids is 1. The summed E-state index contributed by atoms with van der Waals surface area (Å²) in [5.74, 6) is -0.260. The molecule has 0 aliphatic carbocycles. The average Bonchev–Trinajstić information content (AvgIpc) is 2.67. The molecule has 2 aromatic carbocycles. The number of carbonyl (C=O) groups is 1. The molecule has 1 atom stereocenters. The Kier molecular flexibility index (Phi) is 5.52. The Labute approximate surface area is 158 Å². The van der Waals surface area contributed by atoms with Gasteiger partial charge >= 0.3 is 0 Å². The van der Waals surface area contributed by atoms with Gasteiger partial charge in [0.25, 0.3) is 5.91 Å². The van der Waals surface area contributed by atoms with Crippen LogP contribution in [0.25, 0.3) is 11.1 Å². The van der Waals surface area contributed by atoms with Crippen LogP contribution in [0, 0.1) is 22.7 Å². The van der Waals surface area contributed by atoms with Gasteiger partial charge in [0.2, 0.25) is 0 Å². The van der Waals surface area contributed by atoms with Crippen molar-refractivity contribution in [2.24, 2.45) is 0 Å². The van der Waals surface area contributed by atoms with Crippen LogP contribution in [0.3, 0.4) is 0 Å². The third-order valence-corrected chi connectivity index (χ3v) is 4.83. The summed E-state index contributed by atoms with van der Waals surface area (Å²) in [5, 5.41) is 24.1. The first-order valence-electron chi connectivity index (χ1n) is 8.66. The molecule has 2 N–H and O–H groups in total. The molecule has 0 radical (unpaired) electrons. The van der Waals surface area contributed by atoms with Crippen LogP contribution < -0.4 is 10.6 Å². The van der Waals surface area contributed by atoms with E-state index in [9.17, 15) is 10.1 Å². The molecule has 1 amide bonds. The Morgan fingerprint density at radius 3 is 2.19 bits per heavy atom. The van der Waals surface area contributed by atoms with Gasteiger partial charge in [-0.1, -0.05) is 36.4 Å². The molecule has 0 saturated carbocycles. The average molecular weight is 360 g/mol. The first kappa shape index (κ1) is 18.6. The summed E-state index contributed by atoms with van der Waals surface area (Å²) in [6.07, 6.45) is 0.420. The smallest absolute Gasteiger partial charge is 0.255 e. The van der Waals surface area contributed by atoms with Crippen molar-refractivity contribution in [3.8, 4) is 23.3 Å². The summed E-state index contributed by atoms with van der Waals surface area (Å²) in [6, 6.07) is 18.8. The Morgan fingerprint density at radius 1 is 1.15 bits per heavy atom. The van der Waals surface area contributed by atoms with Gasteiger partial charge in [-0.05, 0) is 28.8 Å². The molecule has 136 valence electrons. The lowest BCUT2D eigenvalue weighted by molar-refractivity contribution is -0.150. The van der Waals surface area contributed by atoms with E-state index in [1.807, 2.05) is 36.4 Å². The lowest BCUT2D eigenvalue weighted by atomic mass is 9.94. The van der Waals surface area contributed by atoms with Gasteiger partial charge in [-0.2, -0.15) is 10.5 Å². The van der Waals surface area contributed by atoms with Gasteiger partial charge in [0.15, 0.2) is 5.60 Å². The number of methoxy groups -OCH3 is 1. The molecule has 3 rings (SSSR count). The third-order valence-electron chi connectivity index (χ3n) is 4.83. The van der Waals surface area contributed by atoms with Crippen molar-refractivity contribution in [1.82, 2.24) is 10.6 Å². The fraction of sp³-hybridized carbons (Fsp3) is 0.286. The molecule has 0 aromatic heterocycles. The van der Waals surface area contributed by atoms with Crippen LogP contribution >= 0.6 is 0 Å². The molecule has 6 heteroatoms. The minimum atomic E-state index is -0.867. The fourth-order valence-corrected chi connectivity index (χ4v) is 2.97. The van der Waals surface area contributed by atoms with Crippen molar-refractivity contribution in [2.45, 2.75) is 18.1 Å². The fourth-order valence-electron chi connectivity index (χ4n) is 2.97. The zero-order valence-electron chi connectivity index (χ0n) is 15.0. The molecule has 0 unspecified atom stereocenters. The highest BCUT2D eigenvalue weighted by molar-refractivity contribution is 5.87. The summed E-state index contributed by atoms with van der Waals surface area (Å²) in [5.41, 5.74) is 2.76. The summed E-state index contributed by atoms with van der Waals surface area (Å²) in [6.45, 7) is 0.902. The second-order valence-electron chi connectivity index (χ2n) is 6.55. The number of benzene rings is 2. The van der Waals surface area contributed by atoms with Gasteiger partial charge in [-0.3, -0.25) is 4.79 Å². The minimum Gasteiger partial charge on any atom is -0.366 e. The highest BCUT2D eigenvalue weighted by Crippen LogP contribution is 2.21. The van der Waals surface area contributed by atoms with E-state index in [1.165, 1.54) is 7.11 Å². The summed E-state index contributed by atoms with van der Waals surface area (Å²) in [4.78, 5) is 12.4. The van der Waals surface area contributed by atoms with Crippen molar-refractivity contribution < 1.29 is 9.53 Å². The normalized spacial score (nSPS) is 15.7. The zero-order valence-corrected chi connectivity index (χ0v) is 15.0. The summed E-state index contributed by atoms with van der Waals surface area (Å²) in [7, 11) is 1.50. The highest BCUT2D eigenvalue weighted by atomic mass is 16.5. The quantitative estimate of drug-likeness (QED) is 0.818. The first-order valence-corrected chi connectivity index (χ1v) is 8.66. The molecular formula is C21H20N4O2. The monoisotopic (exact) mass is 360 g/mol. The maximum absolute atomic E-state index is 12.4. The van der Waals surface area contributed by atoms with Crippen LogP contribution in [0.15, 0.2) is 48.5 Å². The van der Waals surface area contributed by atoms with E-state index >= 15 is 0 Å². The Bertz CT molecular complexity index is 882. The molecule has 0 bridgehead atoms. The number of hydrogen-bond acceptors (Lipinski definition) is 5. The lowest BCUT2D eigenvalue weighted by Crippen LogP contribution is -2.69. The van der Waals surface area contributed by atoms with Gasteiger partial charge in [0.1, 0.15) is 6.04 Å². The van der Waals surface area contributed by atoms with Gasteiger partial charge < -0.3 is 15.4 Å². The molecule has 1 fully saturated rings. The number of nitriles is 2. The predicted molar refractivity (Wildman–Crippen MR) is 100 cm³/mol. The standard InChI is InChI=1S/C21H20N4O2/c1-27-21(13-24-14-21)20(26)25-19(12-23)10-15-2-6-17(7-3-15)18-8-4-16(11-22)5-9-18/h2-9,19,24H,10,13-14H2,1H3,(H,25,26)/t19-/m0/s1. The molecule has 1 aliphatic rings. The van der Waals surface area contributed by atoms with Crippen LogP contribution in [0.2, 0.25) is 0 Å². The minimum absolute atomic E-state index is 0.260. The van der Waals surface area contributed by atoms with E-state index in [1.54, 1.807) is 12.1 Å². The van der Waals surface area contributed by atoms with Gasteiger partial charge in [-0.15, -0.1) is 0 Å². The van der Waals surface area contributed by atoms with E-state index < -0.39 is 11.6 Å². The van der Waals surface area contributed by atoms with Crippen molar-refractivity contribution in [1.29, 1.82) is 10.5 Å². The molecule has 27 heavy (non-hydrogen) atoms. The number of hydrogen-bond donors (Lipinski definition) is 2. The SMILES string of the molecule is COC1(C(=O)N[C@H](C#N)Cc2ccc(-c3ccc(C#N)cc3)cc2)CNC1. The second kappa shape index (κ2) is 8.01. The molecule has 6 nitrogen and oxygen atoms in total. The van der Waals surface area contributed by atoms with Crippen LogP contribution in [-0.4, -0.2) is 37.7 Å². The Hall–Kier alpha value is -3.19. The second-order valence-corrected chi connectivity index (χ2v) is 6.55.